The van der Waals surface area contributed by atoms with Crippen molar-refractivity contribution in [2.75, 3.05) is 17.5 Å². The van der Waals surface area contributed by atoms with Crippen molar-refractivity contribution < 1.29 is 22.7 Å². The molecule has 8 nitrogen and oxygen atoms in total. The molecule has 0 fully saturated rings. The molecule has 1 N–H and O–H groups in total. The molecular formula is C36H39Cl2N3O5S. The fourth-order valence-corrected chi connectivity index (χ4v) is 6.70. The molecule has 1 atom stereocenters. The van der Waals surface area contributed by atoms with Crippen molar-refractivity contribution >= 4 is 50.7 Å². The number of ether oxygens (including phenoxy) is 1. The van der Waals surface area contributed by atoms with Crippen LogP contribution in [0.15, 0.2) is 108 Å². The van der Waals surface area contributed by atoms with E-state index in [0.717, 1.165) is 9.87 Å². The van der Waals surface area contributed by atoms with Gasteiger partial charge in [-0.3, -0.25) is 13.9 Å². The lowest BCUT2D eigenvalue weighted by molar-refractivity contribution is -0.140. The highest BCUT2D eigenvalue weighted by Crippen LogP contribution is 2.28. The average molecular weight is 697 g/mol. The molecule has 0 aliphatic carbocycles. The van der Waals surface area contributed by atoms with Gasteiger partial charge >= 0.3 is 0 Å². The second-order valence-corrected chi connectivity index (χ2v) is 14.6. The quantitative estimate of drug-likeness (QED) is 0.160. The standard InChI is InChI=1S/C36H39Cl2N3O5S/c1-5-46-29-17-19-30(20-18-29)47(44,45)41(28-14-10-7-11-15-28)25-34(42)40(24-27-16-21-31(37)32(38)22-27)33(35(43)39-36(2,3)4)23-26-12-8-6-9-13-26/h6-22,33H,5,23-25H2,1-4H3,(H,39,43)/t33-/m1/s1. The Morgan fingerprint density at radius 1 is 0.830 bits per heavy atom. The summed E-state index contributed by atoms with van der Waals surface area (Å²) < 4.78 is 34.9. The second-order valence-electron chi connectivity index (χ2n) is 12.0. The molecule has 0 saturated heterocycles. The molecule has 248 valence electrons. The molecule has 0 radical (unpaired) electrons. The van der Waals surface area contributed by atoms with E-state index in [2.05, 4.69) is 5.32 Å². The maximum atomic E-state index is 14.6. The van der Waals surface area contributed by atoms with Crippen LogP contribution in [0.5, 0.6) is 5.75 Å². The van der Waals surface area contributed by atoms with Crippen LogP contribution in [0.3, 0.4) is 0 Å². The molecule has 0 unspecified atom stereocenters. The van der Waals surface area contributed by atoms with E-state index >= 15 is 0 Å². The summed E-state index contributed by atoms with van der Waals surface area (Å²) in [4.78, 5) is 29.9. The van der Waals surface area contributed by atoms with Gasteiger partial charge in [-0.2, -0.15) is 0 Å². The number of hydrogen-bond acceptors (Lipinski definition) is 5. The molecule has 0 aliphatic heterocycles. The van der Waals surface area contributed by atoms with Gasteiger partial charge in [0.25, 0.3) is 10.0 Å². The minimum absolute atomic E-state index is 0.0139. The van der Waals surface area contributed by atoms with Gasteiger partial charge in [0.1, 0.15) is 18.3 Å². The molecule has 4 rings (SSSR count). The predicted octanol–water partition coefficient (Wildman–Crippen LogP) is 7.14. The summed E-state index contributed by atoms with van der Waals surface area (Å²) in [5.41, 5.74) is 1.14. The molecule has 0 aliphatic rings. The summed E-state index contributed by atoms with van der Waals surface area (Å²) >= 11 is 12.5. The van der Waals surface area contributed by atoms with Gasteiger partial charge in [0.15, 0.2) is 0 Å². The normalized spacial score (nSPS) is 12.2. The first kappa shape index (κ1) is 35.8. The number of carbonyl (C=O) groups is 2. The monoisotopic (exact) mass is 695 g/mol. The lowest BCUT2D eigenvalue weighted by Gasteiger charge is -2.35. The minimum atomic E-state index is -4.24. The van der Waals surface area contributed by atoms with Crippen molar-refractivity contribution in [2.24, 2.45) is 0 Å². The summed E-state index contributed by atoms with van der Waals surface area (Å²) in [5, 5.41) is 3.65. The van der Waals surface area contributed by atoms with E-state index in [-0.39, 0.29) is 23.8 Å². The summed E-state index contributed by atoms with van der Waals surface area (Å²) in [6.07, 6.45) is 0.187. The second kappa shape index (κ2) is 15.7. The topological polar surface area (TPSA) is 96.0 Å². The lowest BCUT2D eigenvalue weighted by Crippen LogP contribution is -2.56. The zero-order chi connectivity index (χ0) is 34.2. The first-order chi connectivity index (χ1) is 22.3. The number of nitrogens with zero attached hydrogens (tertiary/aromatic N) is 2. The minimum Gasteiger partial charge on any atom is -0.494 e. The van der Waals surface area contributed by atoms with Gasteiger partial charge in [-0.25, -0.2) is 8.42 Å². The molecule has 47 heavy (non-hydrogen) atoms. The van der Waals surface area contributed by atoms with Gasteiger partial charge in [-0.05, 0) is 87.4 Å². The van der Waals surface area contributed by atoms with Crippen molar-refractivity contribution in [1.29, 1.82) is 0 Å². The highest BCUT2D eigenvalue weighted by Gasteiger charge is 2.35. The lowest BCUT2D eigenvalue weighted by atomic mass is 10.0. The van der Waals surface area contributed by atoms with Crippen LogP contribution in [0.1, 0.15) is 38.8 Å². The summed E-state index contributed by atoms with van der Waals surface area (Å²) in [6, 6.07) is 27.8. The summed E-state index contributed by atoms with van der Waals surface area (Å²) in [5.74, 6) is -0.440. The first-order valence-electron chi connectivity index (χ1n) is 15.2. The van der Waals surface area contributed by atoms with Crippen molar-refractivity contribution in [2.45, 2.75) is 57.1 Å². The van der Waals surface area contributed by atoms with Gasteiger partial charge in [-0.1, -0.05) is 77.8 Å². The Hall–Kier alpha value is -4.05. The van der Waals surface area contributed by atoms with Gasteiger partial charge in [-0.15, -0.1) is 0 Å². The molecule has 4 aromatic carbocycles. The van der Waals surface area contributed by atoms with Crippen LogP contribution in [0, 0.1) is 0 Å². The Morgan fingerprint density at radius 2 is 1.45 bits per heavy atom. The number of hydrogen-bond donors (Lipinski definition) is 1. The van der Waals surface area contributed by atoms with Crippen molar-refractivity contribution in [3.8, 4) is 5.75 Å². The van der Waals surface area contributed by atoms with E-state index in [1.54, 1.807) is 60.7 Å². The Bertz CT molecular complexity index is 1760. The number of rotatable bonds is 13. The Labute approximate surface area is 287 Å². The van der Waals surface area contributed by atoms with E-state index in [0.29, 0.717) is 33.7 Å². The molecule has 0 spiro atoms. The molecule has 0 bridgehead atoms. The van der Waals surface area contributed by atoms with E-state index in [1.807, 2.05) is 58.0 Å². The number of para-hydroxylation sites is 1. The van der Waals surface area contributed by atoms with Gasteiger partial charge in [0.05, 0.1) is 27.2 Å². The number of nitrogens with one attached hydrogen (secondary N) is 1. The third kappa shape index (κ3) is 9.73. The zero-order valence-corrected chi connectivity index (χ0v) is 29.1. The molecular weight excluding hydrogens is 657 g/mol. The Morgan fingerprint density at radius 3 is 2.02 bits per heavy atom. The summed E-state index contributed by atoms with van der Waals surface area (Å²) in [6.45, 7) is 7.23. The molecule has 11 heteroatoms. The molecule has 0 heterocycles. The maximum absolute atomic E-state index is 14.6. The Balaban J connectivity index is 1.80. The highest BCUT2D eigenvalue weighted by molar-refractivity contribution is 7.92. The number of benzene rings is 4. The smallest absolute Gasteiger partial charge is 0.264 e. The van der Waals surface area contributed by atoms with Crippen LogP contribution < -0.4 is 14.4 Å². The molecule has 0 saturated carbocycles. The number of sulfonamides is 1. The van der Waals surface area contributed by atoms with Gasteiger partial charge in [0, 0.05) is 18.5 Å². The number of halogens is 2. The van der Waals surface area contributed by atoms with Crippen molar-refractivity contribution in [3.63, 3.8) is 0 Å². The van der Waals surface area contributed by atoms with Crippen LogP contribution >= 0.6 is 23.2 Å². The van der Waals surface area contributed by atoms with Crippen LogP contribution in [0.4, 0.5) is 5.69 Å². The van der Waals surface area contributed by atoms with Gasteiger partial charge < -0.3 is 15.0 Å². The maximum Gasteiger partial charge on any atom is 0.264 e. The third-order valence-corrected chi connectivity index (χ3v) is 9.68. The van der Waals surface area contributed by atoms with E-state index in [1.165, 1.54) is 17.0 Å². The molecule has 2 amide bonds. The zero-order valence-electron chi connectivity index (χ0n) is 26.8. The van der Waals surface area contributed by atoms with Crippen LogP contribution in [0.25, 0.3) is 0 Å². The fourth-order valence-electron chi connectivity index (χ4n) is 4.97. The fraction of sp³-hybridized carbons (Fsp3) is 0.278. The van der Waals surface area contributed by atoms with Crippen molar-refractivity contribution in [3.05, 3.63) is 124 Å². The van der Waals surface area contributed by atoms with Crippen LogP contribution in [0.2, 0.25) is 10.0 Å². The largest absolute Gasteiger partial charge is 0.494 e. The number of anilines is 1. The first-order valence-corrected chi connectivity index (χ1v) is 17.4. The summed E-state index contributed by atoms with van der Waals surface area (Å²) in [7, 11) is -4.24. The number of amides is 2. The molecule has 4 aromatic rings. The predicted molar refractivity (Wildman–Crippen MR) is 187 cm³/mol. The third-order valence-electron chi connectivity index (χ3n) is 7.15. The Kier molecular flexibility index (Phi) is 12.0. The highest BCUT2D eigenvalue weighted by atomic mass is 35.5. The van der Waals surface area contributed by atoms with E-state index in [4.69, 9.17) is 27.9 Å². The van der Waals surface area contributed by atoms with Crippen LogP contribution in [-0.4, -0.2) is 49.9 Å². The van der Waals surface area contributed by atoms with Crippen molar-refractivity contribution in [1.82, 2.24) is 10.2 Å². The SMILES string of the molecule is CCOc1ccc(S(=O)(=O)N(CC(=O)N(Cc2ccc(Cl)c(Cl)c2)[C@H](Cc2ccccc2)C(=O)NC(C)(C)C)c2ccccc2)cc1. The van der Waals surface area contributed by atoms with Gasteiger partial charge in [0.2, 0.25) is 11.8 Å². The average Bonchev–Trinajstić information content (AvgIpc) is 3.03. The van der Waals surface area contributed by atoms with E-state index in [9.17, 15) is 18.0 Å². The van der Waals surface area contributed by atoms with E-state index < -0.39 is 34.1 Å². The molecule has 0 aromatic heterocycles. The number of carbonyl (C=O) groups excluding carboxylic acids is 2. The van der Waals surface area contributed by atoms with Crippen LogP contribution in [-0.2, 0) is 32.6 Å².